The lowest BCUT2D eigenvalue weighted by atomic mass is 10.4. The predicted molar refractivity (Wildman–Crippen MR) is 102 cm³/mol. The summed E-state index contributed by atoms with van der Waals surface area (Å²) < 4.78 is 6.02. The summed E-state index contributed by atoms with van der Waals surface area (Å²) in [7, 11) is -2.00. The average molecular weight is 328 g/mol. The maximum Gasteiger partial charge on any atom is 0.122 e. The van der Waals surface area contributed by atoms with Crippen molar-refractivity contribution in [2.24, 2.45) is 0 Å². The second-order valence-corrected chi connectivity index (χ2v) is 13.2. The number of hydrogen-bond acceptors (Lipinski definition) is 1. The second-order valence-electron chi connectivity index (χ2n) is 6.22. The molecule has 0 spiro atoms. The molecule has 0 amide bonds. The molecule has 0 aliphatic carbocycles. The van der Waals surface area contributed by atoms with Crippen molar-refractivity contribution in [3.63, 3.8) is 0 Å². The third-order valence-electron chi connectivity index (χ3n) is 3.35. The third-order valence-corrected chi connectivity index (χ3v) is 7.57. The van der Waals surface area contributed by atoms with Crippen molar-refractivity contribution >= 4 is 26.6 Å². The topological polar surface area (TPSA) is 9.23 Å². The lowest BCUT2D eigenvalue weighted by molar-refractivity contribution is 0.251. The zero-order valence-electron chi connectivity index (χ0n) is 13.9. The smallest absolute Gasteiger partial charge is 0.122 e. The van der Waals surface area contributed by atoms with Crippen molar-refractivity contribution in [3.05, 3.63) is 71.9 Å². The van der Waals surface area contributed by atoms with Gasteiger partial charge in [0.2, 0.25) is 0 Å². The highest BCUT2D eigenvalue weighted by Gasteiger charge is 2.24. The maximum atomic E-state index is 6.02. The quantitative estimate of drug-likeness (QED) is 0.417. The van der Waals surface area contributed by atoms with Crippen LogP contribution in [0.25, 0.3) is 0 Å². The van der Waals surface area contributed by atoms with Gasteiger partial charge in [-0.15, -0.1) is 0 Å². The van der Waals surface area contributed by atoms with E-state index in [1.807, 2.05) is 0 Å². The van der Waals surface area contributed by atoms with Gasteiger partial charge in [0.1, 0.15) is 8.07 Å². The first-order chi connectivity index (χ1) is 10.5. The van der Waals surface area contributed by atoms with Crippen LogP contribution in [0.5, 0.6) is 0 Å². The molecule has 0 heterocycles. The molecule has 0 radical (unpaired) electrons. The lowest BCUT2D eigenvalue weighted by Crippen LogP contribution is -2.26. The molecule has 0 aliphatic heterocycles. The Kier molecular flexibility index (Phi) is 5.99. The summed E-state index contributed by atoms with van der Waals surface area (Å²) in [6.45, 7) is 9.85. The van der Waals surface area contributed by atoms with Gasteiger partial charge in [-0.1, -0.05) is 80.3 Å². The number of ether oxygens (including phenoxy) is 1. The summed E-state index contributed by atoms with van der Waals surface area (Å²) in [5.41, 5.74) is 0. The Morgan fingerprint density at radius 3 is 1.73 bits per heavy atom. The first-order valence-corrected chi connectivity index (χ1v) is 12.7. The summed E-state index contributed by atoms with van der Waals surface area (Å²) in [5.74, 6) is 2.40. The van der Waals surface area contributed by atoms with Gasteiger partial charge in [0.05, 0.1) is 12.0 Å². The van der Waals surface area contributed by atoms with Crippen LogP contribution < -0.4 is 10.6 Å². The van der Waals surface area contributed by atoms with Crippen molar-refractivity contribution in [1.82, 2.24) is 0 Å². The Labute approximate surface area is 136 Å². The fourth-order valence-electron chi connectivity index (χ4n) is 2.20. The lowest BCUT2D eigenvalue weighted by Gasteiger charge is -2.24. The van der Waals surface area contributed by atoms with Crippen molar-refractivity contribution in [2.75, 3.05) is 6.61 Å². The summed E-state index contributed by atoms with van der Waals surface area (Å²) >= 11 is 0. The van der Waals surface area contributed by atoms with Crippen LogP contribution in [0.2, 0.25) is 19.6 Å². The minimum Gasteiger partial charge on any atom is -0.503 e. The number of hydrogen-bond donors (Lipinski definition) is 0. The van der Waals surface area contributed by atoms with Crippen molar-refractivity contribution in [1.29, 1.82) is 0 Å². The van der Waals surface area contributed by atoms with Crippen LogP contribution >= 0.6 is 7.92 Å². The van der Waals surface area contributed by atoms with E-state index >= 15 is 0 Å². The zero-order valence-corrected chi connectivity index (χ0v) is 15.8. The third kappa shape index (κ3) is 4.56. The van der Waals surface area contributed by atoms with Crippen molar-refractivity contribution < 1.29 is 4.74 Å². The molecule has 2 aromatic rings. The van der Waals surface area contributed by atoms with Gasteiger partial charge >= 0.3 is 0 Å². The van der Waals surface area contributed by atoms with E-state index < -0.39 is 16.0 Å². The fraction of sp³-hybridized carbons (Fsp3) is 0.263. The van der Waals surface area contributed by atoms with E-state index in [1.54, 1.807) is 0 Å². The van der Waals surface area contributed by atoms with Gasteiger partial charge in [0, 0.05) is 0 Å². The van der Waals surface area contributed by atoms with Gasteiger partial charge in [-0.3, -0.25) is 0 Å². The molecule has 116 valence electrons. The molecule has 2 aromatic carbocycles. The van der Waals surface area contributed by atoms with E-state index in [4.69, 9.17) is 4.74 Å². The van der Waals surface area contributed by atoms with Crippen LogP contribution in [0.15, 0.2) is 71.9 Å². The highest BCUT2D eigenvalue weighted by atomic mass is 31.1. The van der Waals surface area contributed by atoms with Crippen molar-refractivity contribution in [2.45, 2.75) is 26.6 Å². The molecule has 3 heteroatoms. The van der Waals surface area contributed by atoms with Gasteiger partial charge in [0.15, 0.2) is 0 Å². The Bertz CT molecular complexity index is 563. The summed E-state index contributed by atoms with van der Waals surface area (Å²) in [6, 6.07) is 21.5. The van der Waals surface area contributed by atoms with Crippen LogP contribution in [0, 0.1) is 0 Å². The van der Waals surface area contributed by atoms with Gasteiger partial charge < -0.3 is 4.74 Å². The molecule has 0 N–H and O–H groups in total. The molecular formula is C19H25OPSi. The molecule has 1 nitrogen and oxygen atoms in total. The van der Waals surface area contributed by atoms with E-state index in [9.17, 15) is 0 Å². The van der Waals surface area contributed by atoms with E-state index in [1.165, 1.54) is 16.0 Å². The van der Waals surface area contributed by atoms with E-state index in [0.717, 1.165) is 6.61 Å². The molecule has 2 rings (SSSR count). The standard InChI is InChI=1S/C19H25OPSi/c1-5-20-19(22(2,3)4)16-21(17-12-8-6-9-13-17)18-14-10-7-11-15-18/h6-16H,5H2,1-4H3/b19-16-. The summed E-state index contributed by atoms with van der Waals surface area (Å²) in [6.07, 6.45) is 0. The number of benzene rings is 2. The predicted octanol–water partition coefficient (Wildman–Crippen LogP) is 4.87. The normalized spacial score (nSPS) is 12.5. The molecule has 0 saturated heterocycles. The van der Waals surface area contributed by atoms with Gasteiger partial charge in [-0.2, -0.15) is 0 Å². The Morgan fingerprint density at radius 2 is 1.36 bits per heavy atom. The van der Waals surface area contributed by atoms with Crippen LogP contribution in [-0.2, 0) is 4.74 Å². The Morgan fingerprint density at radius 1 is 0.909 bits per heavy atom. The molecule has 0 atom stereocenters. The number of rotatable bonds is 6. The van der Waals surface area contributed by atoms with E-state index in [0.29, 0.717) is 0 Å². The molecule has 0 aliphatic rings. The molecule has 0 bridgehead atoms. The molecule has 0 saturated carbocycles. The van der Waals surface area contributed by atoms with Crippen molar-refractivity contribution in [3.8, 4) is 0 Å². The monoisotopic (exact) mass is 328 g/mol. The molecule has 22 heavy (non-hydrogen) atoms. The minimum atomic E-state index is -1.48. The van der Waals surface area contributed by atoms with Crippen LogP contribution in [0.3, 0.4) is 0 Å². The molecule has 0 fully saturated rings. The molecule has 0 aromatic heterocycles. The first kappa shape index (κ1) is 17.0. The average Bonchev–Trinajstić information content (AvgIpc) is 2.52. The summed E-state index contributed by atoms with van der Waals surface area (Å²) in [5, 5.41) is 3.96. The highest BCUT2D eigenvalue weighted by Crippen LogP contribution is 2.38. The highest BCUT2D eigenvalue weighted by molar-refractivity contribution is 7.75. The SMILES string of the molecule is CCO/C(=C/P(c1ccccc1)c1ccccc1)[Si](C)(C)C. The van der Waals surface area contributed by atoms with Gasteiger partial charge in [-0.05, 0) is 31.3 Å². The van der Waals surface area contributed by atoms with Crippen LogP contribution in [0.1, 0.15) is 6.92 Å². The zero-order chi connectivity index (χ0) is 16.0. The Hall–Kier alpha value is -1.37. The van der Waals surface area contributed by atoms with Crippen LogP contribution in [-0.4, -0.2) is 14.7 Å². The fourth-order valence-corrected chi connectivity index (χ4v) is 6.60. The minimum absolute atomic E-state index is 0.518. The largest absolute Gasteiger partial charge is 0.503 e. The van der Waals surface area contributed by atoms with E-state index in [-0.39, 0.29) is 0 Å². The second kappa shape index (κ2) is 7.76. The van der Waals surface area contributed by atoms with Gasteiger partial charge in [-0.25, -0.2) is 0 Å². The van der Waals surface area contributed by atoms with Crippen LogP contribution in [0.4, 0.5) is 0 Å². The maximum absolute atomic E-state index is 6.02. The Balaban J connectivity index is 2.49. The van der Waals surface area contributed by atoms with Gasteiger partial charge in [0.25, 0.3) is 0 Å². The molecular weight excluding hydrogens is 303 g/mol. The summed E-state index contributed by atoms with van der Waals surface area (Å²) in [4.78, 5) is 0. The first-order valence-electron chi connectivity index (χ1n) is 7.77. The van der Waals surface area contributed by atoms with E-state index in [2.05, 4.69) is 93.0 Å². The molecule has 0 unspecified atom stereocenters.